The molecule has 0 bridgehead atoms. The largest absolute Gasteiger partial charge is 0.481 e. The topological polar surface area (TPSA) is 102 Å². The summed E-state index contributed by atoms with van der Waals surface area (Å²) >= 11 is 0. The summed E-state index contributed by atoms with van der Waals surface area (Å²) < 4.78 is 10.5. The molecule has 1 amide bonds. The number of benzene rings is 1. The maximum Gasteiger partial charge on any atom is 0.328 e. The lowest BCUT2D eigenvalue weighted by atomic mass is 10.1. The first-order valence-electron chi connectivity index (χ1n) is 7.34. The number of carboxylic acids is 1. The van der Waals surface area contributed by atoms with Gasteiger partial charge in [0.25, 0.3) is 5.91 Å². The summed E-state index contributed by atoms with van der Waals surface area (Å²) in [6.45, 7) is 6.37. The molecule has 1 aromatic carbocycles. The summed E-state index contributed by atoms with van der Waals surface area (Å²) in [7, 11) is 0. The molecular weight excluding hydrogens is 314 g/mol. The van der Waals surface area contributed by atoms with Gasteiger partial charge in [0.1, 0.15) is 5.75 Å². The van der Waals surface area contributed by atoms with Gasteiger partial charge in [0.2, 0.25) is 0 Å². The first-order chi connectivity index (χ1) is 11.3. The van der Waals surface area contributed by atoms with E-state index in [0.29, 0.717) is 11.3 Å². The SMILES string of the molecule is C=CCOCC(NC(=O)C(C)Oc1cccc(C(C)=O)c1)C(=O)O. The maximum atomic E-state index is 12.1. The van der Waals surface area contributed by atoms with Gasteiger partial charge >= 0.3 is 5.97 Å². The highest BCUT2D eigenvalue weighted by molar-refractivity contribution is 5.94. The number of carboxylic acid groups (broad SMARTS) is 1. The van der Waals surface area contributed by atoms with E-state index in [-0.39, 0.29) is 19.0 Å². The Bertz CT molecular complexity index is 613. The summed E-state index contributed by atoms with van der Waals surface area (Å²) in [5.41, 5.74) is 0.460. The van der Waals surface area contributed by atoms with Crippen LogP contribution in [0.25, 0.3) is 0 Å². The highest BCUT2D eigenvalue weighted by Gasteiger charge is 2.24. The monoisotopic (exact) mass is 335 g/mol. The van der Waals surface area contributed by atoms with Crippen molar-refractivity contribution in [3.05, 3.63) is 42.5 Å². The predicted octanol–water partition coefficient (Wildman–Crippen LogP) is 1.43. The van der Waals surface area contributed by atoms with Crippen LogP contribution in [0.3, 0.4) is 0 Å². The summed E-state index contributed by atoms with van der Waals surface area (Å²) in [6.07, 6.45) is 0.544. The molecule has 2 unspecified atom stereocenters. The normalized spacial score (nSPS) is 12.8. The Morgan fingerprint density at radius 1 is 1.38 bits per heavy atom. The average Bonchev–Trinajstić information content (AvgIpc) is 2.53. The number of rotatable bonds is 10. The maximum absolute atomic E-state index is 12.1. The Morgan fingerprint density at radius 3 is 2.67 bits per heavy atom. The third kappa shape index (κ3) is 6.21. The fraction of sp³-hybridized carbons (Fsp3) is 0.353. The number of ether oxygens (including phenoxy) is 2. The molecule has 0 spiro atoms. The van der Waals surface area contributed by atoms with Crippen molar-refractivity contribution in [2.45, 2.75) is 26.0 Å². The van der Waals surface area contributed by atoms with Crippen LogP contribution >= 0.6 is 0 Å². The number of aliphatic carboxylic acids is 1. The van der Waals surface area contributed by atoms with E-state index < -0.39 is 24.0 Å². The zero-order valence-corrected chi connectivity index (χ0v) is 13.7. The summed E-state index contributed by atoms with van der Waals surface area (Å²) in [4.78, 5) is 34.5. The highest BCUT2D eigenvalue weighted by Crippen LogP contribution is 2.15. The molecule has 0 radical (unpaired) electrons. The van der Waals surface area contributed by atoms with Gasteiger partial charge in [-0.15, -0.1) is 6.58 Å². The van der Waals surface area contributed by atoms with E-state index in [2.05, 4.69) is 11.9 Å². The molecule has 0 aliphatic rings. The Hall–Kier alpha value is -2.67. The molecule has 0 aliphatic carbocycles. The lowest BCUT2D eigenvalue weighted by Crippen LogP contribution is -2.48. The number of Topliss-reactive ketones (excluding diaryl/α,β-unsaturated/α-hetero) is 1. The van der Waals surface area contributed by atoms with Gasteiger partial charge in [-0.3, -0.25) is 9.59 Å². The van der Waals surface area contributed by atoms with Gasteiger partial charge in [-0.25, -0.2) is 4.79 Å². The van der Waals surface area contributed by atoms with E-state index >= 15 is 0 Å². The van der Waals surface area contributed by atoms with Crippen LogP contribution in [0.15, 0.2) is 36.9 Å². The quantitative estimate of drug-likeness (QED) is 0.381. The fourth-order valence-electron chi connectivity index (χ4n) is 1.78. The fourth-order valence-corrected chi connectivity index (χ4v) is 1.78. The number of ketones is 1. The predicted molar refractivity (Wildman–Crippen MR) is 87.1 cm³/mol. The zero-order valence-electron chi connectivity index (χ0n) is 13.7. The van der Waals surface area contributed by atoms with Gasteiger partial charge in [0, 0.05) is 5.56 Å². The zero-order chi connectivity index (χ0) is 18.1. The van der Waals surface area contributed by atoms with Crippen LogP contribution < -0.4 is 10.1 Å². The van der Waals surface area contributed by atoms with Crippen LogP contribution in [0.4, 0.5) is 0 Å². The van der Waals surface area contributed by atoms with Crippen LogP contribution in [0.1, 0.15) is 24.2 Å². The van der Waals surface area contributed by atoms with E-state index in [1.165, 1.54) is 26.0 Å². The van der Waals surface area contributed by atoms with Crippen molar-refractivity contribution in [3.63, 3.8) is 0 Å². The van der Waals surface area contributed by atoms with Crippen molar-refractivity contribution < 1.29 is 29.0 Å². The van der Waals surface area contributed by atoms with E-state index in [4.69, 9.17) is 14.6 Å². The molecule has 0 fully saturated rings. The molecule has 0 aromatic heterocycles. The molecule has 0 aliphatic heterocycles. The molecule has 0 heterocycles. The Labute approximate surface area is 140 Å². The van der Waals surface area contributed by atoms with Crippen molar-refractivity contribution in [2.24, 2.45) is 0 Å². The van der Waals surface area contributed by atoms with Crippen molar-refractivity contribution in [1.82, 2.24) is 5.32 Å². The molecule has 7 heteroatoms. The summed E-state index contributed by atoms with van der Waals surface area (Å²) in [5.74, 6) is -1.58. The molecule has 1 rings (SSSR count). The lowest BCUT2D eigenvalue weighted by molar-refractivity contribution is -0.144. The smallest absolute Gasteiger partial charge is 0.328 e. The first-order valence-corrected chi connectivity index (χ1v) is 7.34. The van der Waals surface area contributed by atoms with Gasteiger partial charge < -0.3 is 19.9 Å². The van der Waals surface area contributed by atoms with Crippen molar-refractivity contribution in [1.29, 1.82) is 0 Å². The molecule has 2 atom stereocenters. The van der Waals surface area contributed by atoms with Crippen LogP contribution in [0, 0.1) is 0 Å². The summed E-state index contributed by atoms with van der Waals surface area (Å²) in [6, 6.07) is 5.22. The lowest BCUT2D eigenvalue weighted by Gasteiger charge is -2.19. The minimum Gasteiger partial charge on any atom is -0.481 e. The molecule has 7 nitrogen and oxygen atoms in total. The van der Waals surface area contributed by atoms with Crippen molar-refractivity contribution in [2.75, 3.05) is 13.2 Å². The number of hydrogen-bond acceptors (Lipinski definition) is 5. The average molecular weight is 335 g/mol. The Balaban J connectivity index is 2.65. The molecule has 0 saturated heterocycles. The number of amides is 1. The highest BCUT2D eigenvalue weighted by atomic mass is 16.5. The van der Waals surface area contributed by atoms with Crippen molar-refractivity contribution >= 4 is 17.7 Å². The number of carbonyl (C=O) groups is 3. The third-order valence-electron chi connectivity index (χ3n) is 3.06. The van der Waals surface area contributed by atoms with Gasteiger partial charge in [0.05, 0.1) is 13.2 Å². The van der Waals surface area contributed by atoms with Crippen LogP contribution in [-0.2, 0) is 14.3 Å². The molecule has 24 heavy (non-hydrogen) atoms. The van der Waals surface area contributed by atoms with Crippen LogP contribution in [0.2, 0.25) is 0 Å². The number of nitrogens with one attached hydrogen (secondary N) is 1. The van der Waals surface area contributed by atoms with E-state index in [1.807, 2.05) is 0 Å². The molecule has 1 aromatic rings. The molecular formula is C17H21NO6. The standard InChI is InChI=1S/C17H21NO6/c1-4-8-23-10-15(17(21)22)18-16(20)12(3)24-14-7-5-6-13(9-14)11(2)19/h4-7,9,12,15H,1,8,10H2,2-3H3,(H,18,20)(H,21,22). The van der Waals surface area contributed by atoms with Gasteiger partial charge in [0.15, 0.2) is 17.9 Å². The number of hydrogen-bond donors (Lipinski definition) is 2. The first kappa shape index (κ1) is 19.4. The second-order valence-electron chi connectivity index (χ2n) is 5.07. The molecule has 2 N–H and O–H groups in total. The minimum atomic E-state index is -1.21. The molecule has 0 saturated carbocycles. The minimum absolute atomic E-state index is 0.122. The van der Waals surface area contributed by atoms with Crippen molar-refractivity contribution in [3.8, 4) is 5.75 Å². The Morgan fingerprint density at radius 2 is 2.08 bits per heavy atom. The number of carbonyl (C=O) groups excluding carboxylic acids is 2. The van der Waals surface area contributed by atoms with Crippen LogP contribution in [-0.4, -0.2) is 48.1 Å². The second kappa shape index (κ2) is 9.46. The van der Waals surface area contributed by atoms with Crippen LogP contribution in [0.5, 0.6) is 5.75 Å². The summed E-state index contributed by atoms with van der Waals surface area (Å²) in [5, 5.41) is 11.4. The van der Waals surface area contributed by atoms with E-state index in [0.717, 1.165) is 0 Å². The Kier molecular flexibility index (Phi) is 7.64. The van der Waals surface area contributed by atoms with Gasteiger partial charge in [-0.2, -0.15) is 0 Å². The van der Waals surface area contributed by atoms with E-state index in [9.17, 15) is 14.4 Å². The third-order valence-corrected chi connectivity index (χ3v) is 3.06. The van der Waals surface area contributed by atoms with Gasteiger partial charge in [-0.1, -0.05) is 18.2 Å². The molecule has 130 valence electrons. The second-order valence-corrected chi connectivity index (χ2v) is 5.07. The van der Waals surface area contributed by atoms with E-state index in [1.54, 1.807) is 18.2 Å². The van der Waals surface area contributed by atoms with Gasteiger partial charge in [-0.05, 0) is 26.0 Å².